The van der Waals surface area contributed by atoms with Crippen molar-refractivity contribution in [2.75, 3.05) is 13.1 Å². The van der Waals surface area contributed by atoms with Crippen LogP contribution in [0.2, 0.25) is 0 Å². The lowest BCUT2D eigenvalue weighted by molar-refractivity contribution is 0.156. The molecule has 0 aromatic rings. The van der Waals surface area contributed by atoms with E-state index < -0.39 is 0 Å². The van der Waals surface area contributed by atoms with Crippen LogP contribution in [0.15, 0.2) is 0 Å². The molecule has 0 aliphatic carbocycles. The fourth-order valence-electron chi connectivity index (χ4n) is 1.94. The predicted molar refractivity (Wildman–Crippen MR) is 56.2 cm³/mol. The number of likely N-dealkylation sites (tertiary alicyclic amines) is 1. The number of hydrogen-bond donors (Lipinski definition) is 1. The van der Waals surface area contributed by atoms with Gasteiger partial charge in [-0.2, -0.15) is 0 Å². The molecule has 2 nitrogen and oxygen atoms in total. The van der Waals surface area contributed by atoms with Crippen molar-refractivity contribution in [2.24, 2.45) is 11.7 Å². The van der Waals surface area contributed by atoms with E-state index in [4.69, 9.17) is 12.2 Å². The second-order valence-electron chi connectivity index (χ2n) is 4.08. The molecule has 1 rings (SSSR count). The maximum Gasteiger partial charge on any atom is 0.0683 e. The lowest BCUT2D eigenvalue weighted by atomic mass is 9.90. The summed E-state index contributed by atoms with van der Waals surface area (Å²) < 4.78 is 0. The van der Waals surface area contributed by atoms with Crippen molar-refractivity contribution in [3.63, 3.8) is 0 Å². The molecule has 1 aliphatic rings. The first-order valence-corrected chi connectivity index (χ1v) is 5.11. The summed E-state index contributed by atoms with van der Waals surface area (Å²) >= 11 is 0. The molecule has 0 saturated carbocycles. The fraction of sp³-hybridized carbons (Fsp3) is 0.818. The Bertz CT molecular complexity index is 185. The van der Waals surface area contributed by atoms with Crippen molar-refractivity contribution in [2.45, 2.75) is 38.8 Å². The molecule has 0 amide bonds. The molecule has 2 heteroatoms. The Labute approximate surface area is 81.5 Å². The van der Waals surface area contributed by atoms with Gasteiger partial charge in [0.05, 0.1) is 6.04 Å². The van der Waals surface area contributed by atoms with Gasteiger partial charge in [-0.15, -0.1) is 6.42 Å². The predicted octanol–water partition coefficient (Wildman–Crippen LogP) is 1.07. The van der Waals surface area contributed by atoms with Crippen LogP contribution < -0.4 is 5.73 Å². The van der Waals surface area contributed by atoms with E-state index in [1.165, 1.54) is 12.8 Å². The summed E-state index contributed by atoms with van der Waals surface area (Å²) in [6.07, 6.45) is 7.78. The Morgan fingerprint density at radius 3 is 2.31 bits per heavy atom. The first kappa shape index (κ1) is 10.6. The molecule has 1 saturated heterocycles. The van der Waals surface area contributed by atoms with E-state index in [2.05, 4.69) is 24.7 Å². The molecular weight excluding hydrogens is 160 g/mol. The van der Waals surface area contributed by atoms with E-state index in [-0.39, 0.29) is 6.04 Å². The molecule has 74 valence electrons. The standard InChI is InChI=1S/C11H20N2/c1-4-9(2)13-7-5-11(6-8-13)10(3)12/h1,9-11H,5-8,12H2,2-3H3. The molecule has 1 fully saturated rings. The molecule has 1 aliphatic heterocycles. The zero-order chi connectivity index (χ0) is 9.84. The maximum absolute atomic E-state index is 5.86. The summed E-state index contributed by atoms with van der Waals surface area (Å²) in [5, 5.41) is 0. The number of nitrogens with zero attached hydrogens (tertiary/aromatic N) is 1. The highest BCUT2D eigenvalue weighted by Gasteiger charge is 2.23. The van der Waals surface area contributed by atoms with E-state index in [9.17, 15) is 0 Å². The highest BCUT2D eigenvalue weighted by Crippen LogP contribution is 2.20. The van der Waals surface area contributed by atoms with Crippen LogP contribution in [0.4, 0.5) is 0 Å². The Hall–Kier alpha value is -0.520. The molecule has 0 spiro atoms. The van der Waals surface area contributed by atoms with Crippen LogP contribution >= 0.6 is 0 Å². The van der Waals surface area contributed by atoms with Crippen LogP contribution in [0, 0.1) is 18.3 Å². The molecule has 1 heterocycles. The highest BCUT2D eigenvalue weighted by atomic mass is 15.1. The van der Waals surface area contributed by atoms with Gasteiger partial charge in [0, 0.05) is 6.04 Å². The Morgan fingerprint density at radius 2 is 1.92 bits per heavy atom. The minimum absolute atomic E-state index is 0.286. The molecule has 13 heavy (non-hydrogen) atoms. The average molecular weight is 180 g/mol. The first-order chi connectivity index (χ1) is 6.15. The van der Waals surface area contributed by atoms with Crippen LogP contribution in [0.3, 0.4) is 0 Å². The number of terminal acetylenes is 1. The van der Waals surface area contributed by atoms with Crippen molar-refractivity contribution >= 4 is 0 Å². The summed E-state index contributed by atoms with van der Waals surface area (Å²) in [4.78, 5) is 2.36. The number of nitrogens with two attached hydrogens (primary N) is 1. The quantitative estimate of drug-likeness (QED) is 0.644. The highest BCUT2D eigenvalue weighted by molar-refractivity contribution is 4.98. The maximum atomic E-state index is 5.86. The lowest BCUT2D eigenvalue weighted by Gasteiger charge is -2.35. The minimum Gasteiger partial charge on any atom is -0.328 e. The third-order valence-electron chi connectivity index (χ3n) is 3.11. The van der Waals surface area contributed by atoms with Crippen LogP contribution in [0.25, 0.3) is 0 Å². The number of hydrogen-bond acceptors (Lipinski definition) is 2. The Morgan fingerprint density at radius 1 is 1.38 bits per heavy atom. The van der Waals surface area contributed by atoms with E-state index in [0.29, 0.717) is 12.0 Å². The van der Waals surface area contributed by atoms with Gasteiger partial charge in [-0.25, -0.2) is 0 Å². The normalized spacial score (nSPS) is 25.1. The topological polar surface area (TPSA) is 29.3 Å². The average Bonchev–Trinajstić information content (AvgIpc) is 2.17. The van der Waals surface area contributed by atoms with Gasteiger partial charge >= 0.3 is 0 Å². The third-order valence-corrected chi connectivity index (χ3v) is 3.11. The van der Waals surface area contributed by atoms with Gasteiger partial charge in [0.25, 0.3) is 0 Å². The molecule has 0 bridgehead atoms. The van der Waals surface area contributed by atoms with Crippen molar-refractivity contribution in [1.82, 2.24) is 4.90 Å². The van der Waals surface area contributed by atoms with Gasteiger partial charge in [0.1, 0.15) is 0 Å². The second kappa shape index (κ2) is 4.64. The summed E-state index contributed by atoms with van der Waals surface area (Å²) in [6.45, 7) is 6.41. The number of piperidine rings is 1. The molecular formula is C11H20N2. The van der Waals surface area contributed by atoms with Crippen LogP contribution in [-0.2, 0) is 0 Å². The van der Waals surface area contributed by atoms with Crippen LogP contribution in [0.1, 0.15) is 26.7 Å². The first-order valence-electron chi connectivity index (χ1n) is 5.11. The van der Waals surface area contributed by atoms with Crippen molar-refractivity contribution in [3.8, 4) is 12.3 Å². The fourth-order valence-corrected chi connectivity index (χ4v) is 1.94. The summed E-state index contributed by atoms with van der Waals surface area (Å²) in [6, 6.07) is 0.623. The van der Waals surface area contributed by atoms with Gasteiger partial charge in [-0.1, -0.05) is 5.92 Å². The summed E-state index contributed by atoms with van der Waals surface area (Å²) in [7, 11) is 0. The van der Waals surface area contributed by atoms with E-state index >= 15 is 0 Å². The SMILES string of the molecule is C#CC(C)N1CCC(C(C)N)CC1. The van der Waals surface area contributed by atoms with Gasteiger partial charge in [-0.3, -0.25) is 4.90 Å². The van der Waals surface area contributed by atoms with E-state index in [0.717, 1.165) is 13.1 Å². The smallest absolute Gasteiger partial charge is 0.0683 e. The van der Waals surface area contributed by atoms with Crippen molar-refractivity contribution < 1.29 is 0 Å². The minimum atomic E-state index is 0.286. The zero-order valence-corrected chi connectivity index (χ0v) is 8.66. The zero-order valence-electron chi connectivity index (χ0n) is 8.66. The van der Waals surface area contributed by atoms with E-state index in [1.807, 2.05) is 0 Å². The lowest BCUT2D eigenvalue weighted by Crippen LogP contribution is -2.43. The van der Waals surface area contributed by atoms with Crippen LogP contribution in [-0.4, -0.2) is 30.1 Å². The molecule has 2 N–H and O–H groups in total. The Balaban J connectivity index is 2.35. The molecule has 2 atom stereocenters. The summed E-state index contributed by atoms with van der Waals surface area (Å²) in [5.74, 6) is 3.47. The van der Waals surface area contributed by atoms with Crippen molar-refractivity contribution in [3.05, 3.63) is 0 Å². The van der Waals surface area contributed by atoms with Gasteiger partial charge in [0.15, 0.2) is 0 Å². The Kier molecular flexibility index (Phi) is 3.77. The van der Waals surface area contributed by atoms with E-state index in [1.54, 1.807) is 0 Å². The van der Waals surface area contributed by atoms with Crippen molar-refractivity contribution in [1.29, 1.82) is 0 Å². The van der Waals surface area contributed by atoms with Gasteiger partial charge in [0.2, 0.25) is 0 Å². The second-order valence-corrected chi connectivity index (χ2v) is 4.08. The summed E-state index contributed by atoms with van der Waals surface area (Å²) in [5.41, 5.74) is 5.86. The van der Waals surface area contributed by atoms with Crippen LogP contribution in [0.5, 0.6) is 0 Å². The van der Waals surface area contributed by atoms with Gasteiger partial charge < -0.3 is 5.73 Å². The molecule has 0 aromatic heterocycles. The third kappa shape index (κ3) is 2.72. The monoisotopic (exact) mass is 180 g/mol. The van der Waals surface area contributed by atoms with Gasteiger partial charge in [-0.05, 0) is 45.7 Å². The molecule has 2 unspecified atom stereocenters. The molecule has 0 aromatic carbocycles. The molecule has 0 radical (unpaired) electrons. The number of rotatable bonds is 2. The largest absolute Gasteiger partial charge is 0.328 e.